The summed E-state index contributed by atoms with van der Waals surface area (Å²) in [6.45, 7) is 2.29. The summed E-state index contributed by atoms with van der Waals surface area (Å²) in [6.07, 6.45) is 46.0. The third-order valence-corrected chi connectivity index (χ3v) is 7.34. The van der Waals surface area contributed by atoms with Crippen molar-refractivity contribution in [2.75, 3.05) is 0 Å². The molecule has 0 heterocycles. The lowest BCUT2D eigenvalue weighted by atomic mass is 10.0. The summed E-state index contributed by atoms with van der Waals surface area (Å²) in [5.41, 5.74) is 0. The van der Waals surface area contributed by atoms with Crippen LogP contribution in [0.1, 0.15) is 187 Å². The zero-order valence-electron chi connectivity index (χ0n) is 24.5. The number of hydrogen-bond acceptors (Lipinski definition) is 1. The molecule has 0 amide bonds. The zero-order chi connectivity index (χ0) is 26.2. The highest BCUT2D eigenvalue weighted by atomic mass is 16.4. The van der Waals surface area contributed by atoms with E-state index in [2.05, 4.69) is 31.2 Å². The van der Waals surface area contributed by atoms with E-state index in [1.807, 2.05) is 0 Å². The molecule has 212 valence electrons. The molecule has 0 saturated heterocycles. The predicted molar refractivity (Wildman–Crippen MR) is 161 cm³/mol. The van der Waals surface area contributed by atoms with Crippen molar-refractivity contribution in [3.8, 4) is 0 Å². The van der Waals surface area contributed by atoms with Crippen LogP contribution in [0, 0.1) is 0 Å². The second-order valence-corrected chi connectivity index (χ2v) is 11.0. The molecular weight excluding hydrogens is 440 g/mol. The molecular formula is C34H64O2. The molecule has 0 radical (unpaired) electrons. The van der Waals surface area contributed by atoms with Crippen LogP contribution in [0.15, 0.2) is 24.3 Å². The number of hydrogen-bond donors (Lipinski definition) is 1. The first-order valence-corrected chi connectivity index (χ1v) is 16.3. The average Bonchev–Trinajstić information content (AvgIpc) is 2.87. The van der Waals surface area contributed by atoms with Crippen LogP contribution < -0.4 is 0 Å². The summed E-state index contributed by atoms with van der Waals surface area (Å²) >= 11 is 0. The van der Waals surface area contributed by atoms with Crippen LogP contribution in [0.2, 0.25) is 0 Å². The second-order valence-electron chi connectivity index (χ2n) is 11.0. The summed E-state index contributed by atoms with van der Waals surface area (Å²) in [4.78, 5) is 10.5. The highest BCUT2D eigenvalue weighted by Crippen LogP contribution is 2.14. The Morgan fingerprint density at radius 2 is 0.750 bits per heavy atom. The highest BCUT2D eigenvalue weighted by Gasteiger charge is 1.97. The van der Waals surface area contributed by atoms with E-state index in [9.17, 15) is 4.79 Å². The average molecular weight is 505 g/mol. The molecule has 0 bridgehead atoms. The normalized spacial score (nSPS) is 11.8. The van der Waals surface area contributed by atoms with Gasteiger partial charge in [0.15, 0.2) is 0 Å². The van der Waals surface area contributed by atoms with Crippen LogP contribution >= 0.6 is 0 Å². The number of allylic oxidation sites excluding steroid dienone is 4. The van der Waals surface area contributed by atoms with Crippen molar-refractivity contribution in [2.24, 2.45) is 0 Å². The molecule has 0 aliphatic carbocycles. The van der Waals surface area contributed by atoms with Gasteiger partial charge in [0, 0.05) is 6.42 Å². The number of rotatable bonds is 30. The van der Waals surface area contributed by atoms with E-state index in [4.69, 9.17) is 5.11 Å². The fraction of sp³-hybridized carbons (Fsp3) is 0.853. The van der Waals surface area contributed by atoms with Gasteiger partial charge in [-0.15, -0.1) is 0 Å². The maximum Gasteiger partial charge on any atom is 0.303 e. The molecule has 36 heavy (non-hydrogen) atoms. The van der Waals surface area contributed by atoms with Gasteiger partial charge in [0.1, 0.15) is 0 Å². The Morgan fingerprint density at radius 3 is 1.08 bits per heavy atom. The third-order valence-electron chi connectivity index (χ3n) is 7.34. The second kappa shape index (κ2) is 32.0. The molecule has 0 spiro atoms. The van der Waals surface area contributed by atoms with Crippen LogP contribution in [-0.2, 0) is 4.79 Å². The van der Waals surface area contributed by atoms with Crippen molar-refractivity contribution in [2.45, 2.75) is 187 Å². The van der Waals surface area contributed by atoms with Crippen molar-refractivity contribution >= 4 is 5.97 Å². The summed E-state index contributed by atoms with van der Waals surface area (Å²) < 4.78 is 0. The molecule has 0 aliphatic rings. The summed E-state index contributed by atoms with van der Waals surface area (Å²) in [6, 6.07) is 0. The van der Waals surface area contributed by atoms with Gasteiger partial charge in [0.25, 0.3) is 0 Å². The predicted octanol–water partition coefficient (Wildman–Crippen LogP) is 12.1. The van der Waals surface area contributed by atoms with Crippen LogP contribution in [0.4, 0.5) is 0 Å². The Bertz CT molecular complexity index is 480. The molecule has 0 aliphatic heterocycles. The topological polar surface area (TPSA) is 37.3 Å². The van der Waals surface area contributed by atoms with Gasteiger partial charge in [-0.2, -0.15) is 0 Å². The van der Waals surface area contributed by atoms with Gasteiger partial charge in [0.2, 0.25) is 0 Å². The van der Waals surface area contributed by atoms with Gasteiger partial charge in [-0.1, -0.05) is 166 Å². The summed E-state index contributed by atoms with van der Waals surface area (Å²) in [5, 5.41) is 8.62. The largest absolute Gasteiger partial charge is 0.481 e. The number of unbranched alkanes of at least 4 members (excludes halogenated alkanes) is 24. The number of aliphatic carboxylic acids is 1. The third kappa shape index (κ3) is 33.0. The van der Waals surface area contributed by atoms with Gasteiger partial charge < -0.3 is 5.11 Å². The van der Waals surface area contributed by atoms with Crippen molar-refractivity contribution in [1.82, 2.24) is 0 Å². The summed E-state index contributed by atoms with van der Waals surface area (Å²) in [5.74, 6) is -0.652. The molecule has 2 nitrogen and oxygen atoms in total. The Labute approximate surface area is 226 Å². The fourth-order valence-corrected chi connectivity index (χ4v) is 4.92. The minimum Gasteiger partial charge on any atom is -0.481 e. The number of carboxylic acids is 1. The SMILES string of the molecule is CCCCCCCCCCC=CCC=CCCCCCCCCCCCCCCCCCCC(=O)O. The Kier molecular flexibility index (Phi) is 31.0. The lowest BCUT2D eigenvalue weighted by Gasteiger charge is -2.03. The van der Waals surface area contributed by atoms with Crippen LogP contribution in [0.3, 0.4) is 0 Å². The molecule has 0 rings (SSSR count). The van der Waals surface area contributed by atoms with Crippen molar-refractivity contribution < 1.29 is 9.90 Å². The van der Waals surface area contributed by atoms with Gasteiger partial charge in [0.05, 0.1) is 0 Å². The number of carboxylic acid groups (broad SMARTS) is 1. The van der Waals surface area contributed by atoms with Crippen molar-refractivity contribution in [3.05, 3.63) is 24.3 Å². The van der Waals surface area contributed by atoms with Crippen LogP contribution in [-0.4, -0.2) is 11.1 Å². The van der Waals surface area contributed by atoms with Gasteiger partial charge in [-0.3, -0.25) is 4.79 Å². The van der Waals surface area contributed by atoms with E-state index in [0.29, 0.717) is 6.42 Å². The zero-order valence-corrected chi connectivity index (χ0v) is 24.5. The van der Waals surface area contributed by atoms with Gasteiger partial charge >= 0.3 is 5.97 Å². The first-order valence-electron chi connectivity index (χ1n) is 16.3. The van der Waals surface area contributed by atoms with E-state index in [0.717, 1.165) is 19.3 Å². The minimum absolute atomic E-state index is 0.342. The number of carbonyl (C=O) groups is 1. The minimum atomic E-state index is -0.652. The van der Waals surface area contributed by atoms with Crippen molar-refractivity contribution in [1.29, 1.82) is 0 Å². The molecule has 0 aromatic heterocycles. The first-order chi connectivity index (χ1) is 17.8. The van der Waals surface area contributed by atoms with E-state index in [-0.39, 0.29) is 0 Å². The Morgan fingerprint density at radius 1 is 0.444 bits per heavy atom. The molecule has 0 fully saturated rings. The highest BCUT2D eigenvalue weighted by molar-refractivity contribution is 5.66. The monoisotopic (exact) mass is 504 g/mol. The Balaban J connectivity index is 3.14. The van der Waals surface area contributed by atoms with Crippen LogP contribution in [0.25, 0.3) is 0 Å². The first kappa shape index (κ1) is 35.0. The van der Waals surface area contributed by atoms with Gasteiger partial charge in [-0.25, -0.2) is 0 Å². The standard InChI is InChI=1S/C34H64O2/c1-2-3-4-5-6-7-8-9-10-11-12-13-14-15-16-17-18-19-20-21-22-23-24-25-26-27-28-29-30-31-32-33-34(35)36/h11-12,14-15H,2-10,13,16-33H2,1H3,(H,35,36). The molecule has 0 aromatic rings. The Hall–Kier alpha value is -1.05. The fourth-order valence-electron chi connectivity index (χ4n) is 4.92. The maximum absolute atomic E-state index is 10.5. The van der Waals surface area contributed by atoms with E-state index in [1.165, 1.54) is 154 Å². The smallest absolute Gasteiger partial charge is 0.303 e. The van der Waals surface area contributed by atoms with Crippen LogP contribution in [0.5, 0.6) is 0 Å². The van der Waals surface area contributed by atoms with E-state index in [1.54, 1.807) is 0 Å². The van der Waals surface area contributed by atoms with Crippen molar-refractivity contribution in [3.63, 3.8) is 0 Å². The molecule has 2 heteroatoms. The van der Waals surface area contributed by atoms with E-state index >= 15 is 0 Å². The molecule has 0 saturated carbocycles. The molecule has 0 atom stereocenters. The lowest BCUT2D eigenvalue weighted by Crippen LogP contribution is -1.93. The molecule has 0 aromatic carbocycles. The summed E-state index contributed by atoms with van der Waals surface area (Å²) in [7, 11) is 0. The van der Waals surface area contributed by atoms with Gasteiger partial charge in [-0.05, 0) is 38.5 Å². The molecule has 1 N–H and O–H groups in total. The maximum atomic E-state index is 10.5. The van der Waals surface area contributed by atoms with E-state index < -0.39 is 5.97 Å². The quantitative estimate of drug-likeness (QED) is 0.0779. The lowest BCUT2D eigenvalue weighted by molar-refractivity contribution is -0.137. The molecule has 0 unspecified atom stereocenters.